The molecule has 1 fully saturated rings. The molecule has 1 aliphatic carbocycles. The van der Waals surface area contributed by atoms with E-state index in [4.69, 9.17) is 0 Å². The first-order valence-corrected chi connectivity index (χ1v) is 8.14. The van der Waals surface area contributed by atoms with E-state index in [-0.39, 0.29) is 11.3 Å². The van der Waals surface area contributed by atoms with Gasteiger partial charge in [-0.15, -0.1) is 0 Å². The third kappa shape index (κ3) is 3.93. The van der Waals surface area contributed by atoms with Crippen molar-refractivity contribution in [1.82, 2.24) is 9.62 Å². The van der Waals surface area contributed by atoms with Gasteiger partial charge in [0.25, 0.3) is 0 Å². The second-order valence-electron chi connectivity index (χ2n) is 5.02. The van der Waals surface area contributed by atoms with Crippen LogP contribution in [0.5, 0.6) is 0 Å². The molecular formula is C12H26N2O2S. The smallest absolute Gasteiger partial charge is 0.217 e. The van der Waals surface area contributed by atoms with Gasteiger partial charge in [0.1, 0.15) is 0 Å². The van der Waals surface area contributed by atoms with E-state index in [0.29, 0.717) is 12.6 Å². The van der Waals surface area contributed by atoms with E-state index in [2.05, 4.69) is 5.32 Å². The molecule has 0 amide bonds. The van der Waals surface area contributed by atoms with Gasteiger partial charge in [0, 0.05) is 25.7 Å². The molecule has 0 radical (unpaired) electrons. The monoisotopic (exact) mass is 262 g/mol. The van der Waals surface area contributed by atoms with Gasteiger partial charge in [-0.2, -0.15) is 0 Å². The fraction of sp³-hybridized carbons (Fsp3) is 1.00. The highest BCUT2D eigenvalue weighted by atomic mass is 32.2. The van der Waals surface area contributed by atoms with E-state index in [1.165, 1.54) is 12.8 Å². The van der Waals surface area contributed by atoms with Gasteiger partial charge in [-0.3, -0.25) is 0 Å². The largest absolute Gasteiger partial charge is 0.313 e. The molecule has 102 valence electrons. The van der Waals surface area contributed by atoms with Gasteiger partial charge in [-0.25, -0.2) is 12.7 Å². The molecule has 1 unspecified atom stereocenters. The van der Waals surface area contributed by atoms with Crippen molar-refractivity contribution in [3.8, 4) is 0 Å². The zero-order valence-corrected chi connectivity index (χ0v) is 12.3. The van der Waals surface area contributed by atoms with E-state index in [1.54, 1.807) is 18.3 Å². The summed E-state index contributed by atoms with van der Waals surface area (Å²) < 4.78 is 26.2. The Kier molecular flexibility index (Phi) is 5.41. The van der Waals surface area contributed by atoms with E-state index >= 15 is 0 Å². The molecule has 1 N–H and O–H groups in total. The Morgan fingerprint density at radius 2 is 1.82 bits per heavy atom. The van der Waals surface area contributed by atoms with Crippen LogP contribution in [0.25, 0.3) is 0 Å². The molecule has 0 aromatic rings. The molecule has 1 aliphatic rings. The van der Waals surface area contributed by atoms with Crippen LogP contribution in [-0.2, 0) is 10.0 Å². The fourth-order valence-corrected chi connectivity index (χ4v) is 3.61. The maximum Gasteiger partial charge on any atom is 0.217 e. The topological polar surface area (TPSA) is 49.4 Å². The van der Waals surface area contributed by atoms with Gasteiger partial charge in [0.15, 0.2) is 0 Å². The molecule has 1 saturated carbocycles. The summed E-state index contributed by atoms with van der Waals surface area (Å²) in [5, 5.41) is 2.95. The summed E-state index contributed by atoms with van der Waals surface area (Å²) in [6.07, 6.45) is 4.12. The summed E-state index contributed by atoms with van der Waals surface area (Å²) in [6, 6.07) is 0.689. The van der Waals surface area contributed by atoms with Crippen LogP contribution in [0, 0.1) is 0 Å². The maximum atomic E-state index is 12.3. The first-order valence-electron chi connectivity index (χ1n) is 6.63. The van der Waals surface area contributed by atoms with Gasteiger partial charge < -0.3 is 5.32 Å². The maximum absolute atomic E-state index is 12.3. The fourth-order valence-electron chi connectivity index (χ4n) is 2.02. The number of hydrogen-bond acceptors (Lipinski definition) is 3. The molecule has 0 aliphatic heterocycles. The highest BCUT2D eigenvalue weighted by molar-refractivity contribution is 7.89. The van der Waals surface area contributed by atoms with Crippen molar-refractivity contribution >= 4 is 10.0 Å². The van der Waals surface area contributed by atoms with Crippen LogP contribution in [0.1, 0.15) is 46.5 Å². The Bertz CT molecular complexity index is 321. The third-order valence-corrected chi connectivity index (χ3v) is 5.92. The molecule has 0 saturated heterocycles. The Morgan fingerprint density at radius 3 is 2.24 bits per heavy atom. The molecule has 4 nitrogen and oxygen atoms in total. The molecular weight excluding hydrogens is 236 g/mol. The van der Waals surface area contributed by atoms with Crippen LogP contribution in [0.2, 0.25) is 0 Å². The summed E-state index contributed by atoms with van der Waals surface area (Å²) in [5.74, 6) is 0. The molecule has 0 aromatic carbocycles. The number of hydrogen-bond donors (Lipinski definition) is 1. The van der Waals surface area contributed by atoms with E-state index in [0.717, 1.165) is 12.8 Å². The normalized spacial score (nSPS) is 18.9. The highest BCUT2D eigenvalue weighted by Crippen LogP contribution is 2.20. The van der Waals surface area contributed by atoms with Crippen LogP contribution < -0.4 is 5.32 Å². The van der Waals surface area contributed by atoms with Crippen molar-refractivity contribution < 1.29 is 8.42 Å². The zero-order valence-electron chi connectivity index (χ0n) is 11.4. The van der Waals surface area contributed by atoms with Gasteiger partial charge in [0.05, 0.1) is 5.25 Å². The van der Waals surface area contributed by atoms with Gasteiger partial charge in [-0.1, -0.05) is 13.8 Å². The van der Waals surface area contributed by atoms with E-state index in [1.807, 2.05) is 13.8 Å². The lowest BCUT2D eigenvalue weighted by molar-refractivity contribution is 0.345. The number of rotatable bonds is 8. The van der Waals surface area contributed by atoms with E-state index in [9.17, 15) is 8.42 Å². The molecule has 0 aromatic heterocycles. The molecule has 1 rings (SSSR count). The summed E-state index contributed by atoms with van der Waals surface area (Å²) in [6.45, 7) is 6.43. The number of nitrogens with one attached hydrogen (secondary N) is 1. The Labute approximate surface area is 106 Å². The summed E-state index contributed by atoms with van der Waals surface area (Å²) >= 11 is 0. The van der Waals surface area contributed by atoms with Crippen LogP contribution >= 0.6 is 0 Å². The van der Waals surface area contributed by atoms with Crippen molar-refractivity contribution in [3.05, 3.63) is 0 Å². The standard InChI is InChI=1S/C12H26N2O2S/c1-5-12(6-2)14(4)17(15,16)10(3)9-13-11-7-8-11/h10-13H,5-9H2,1-4H3. The zero-order chi connectivity index (χ0) is 13.1. The SMILES string of the molecule is CCC(CC)N(C)S(=O)(=O)C(C)CNC1CC1. The summed E-state index contributed by atoms with van der Waals surface area (Å²) in [4.78, 5) is 0. The third-order valence-electron chi connectivity index (χ3n) is 3.64. The van der Waals surface area contributed by atoms with Crippen molar-refractivity contribution in [3.63, 3.8) is 0 Å². The highest BCUT2D eigenvalue weighted by Gasteiger charge is 2.31. The Balaban J connectivity index is 2.56. The van der Waals surface area contributed by atoms with Gasteiger partial charge >= 0.3 is 0 Å². The van der Waals surface area contributed by atoms with E-state index < -0.39 is 10.0 Å². The van der Waals surface area contributed by atoms with Crippen LogP contribution in [-0.4, -0.2) is 43.6 Å². The minimum atomic E-state index is -3.16. The van der Waals surface area contributed by atoms with Crippen LogP contribution in [0.15, 0.2) is 0 Å². The van der Waals surface area contributed by atoms with Crippen LogP contribution in [0.4, 0.5) is 0 Å². The van der Waals surface area contributed by atoms with Crippen molar-refractivity contribution in [1.29, 1.82) is 0 Å². The minimum absolute atomic E-state index is 0.128. The molecule has 17 heavy (non-hydrogen) atoms. The second-order valence-corrected chi connectivity index (χ2v) is 7.44. The lowest BCUT2D eigenvalue weighted by atomic mass is 10.2. The molecule has 1 atom stereocenters. The first kappa shape index (κ1) is 14.9. The second kappa shape index (κ2) is 6.16. The number of nitrogens with zero attached hydrogens (tertiary/aromatic N) is 1. The number of sulfonamides is 1. The molecule has 5 heteroatoms. The average Bonchev–Trinajstić information content (AvgIpc) is 3.11. The quantitative estimate of drug-likeness (QED) is 0.722. The van der Waals surface area contributed by atoms with Gasteiger partial charge in [0.2, 0.25) is 10.0 Å². The molecule has 0 heterocycles. The average molecular weight is 262 g/mol. The lowest BCUT2D eigenvalue weighted by Gasteiger charge is -2.28. The lowest BCUT2D eigenvalue weighted by Crippen LogP contribution is -2.44. The first-order chi connectivity index (χ1) is 7.93. The Hall–Kier alpha value is -0.130. The van der Waals surface area contributed by atoms with Crippen molar-refractivity contribution in [2.24, 2.45) is 0 Å². The predicted molar refractivity (Wildman–Crippen MR) is 71.5 cm³/mol. The van der Waals surface area contributed by atoms with Crippen molar-refractivity contribution in [2.45, 2.75) is 63.8 Å². The summed E-state index contributed by atoms with van der Waals surface area (Å²) in [5.41, 5.74) is 0. The molecule has 0 spiro atoms. The summed E-state index contributed by atoms with van der Waals surface area (Å²) in [7, 11) is -1.45. The Morgan fingerprint density at radius 1 is 1.29 bits per heavy atom. The predicted octanol–water partition coefficient (Wildman–Crippen LogP) is 1.58. The minimum Gasteiger partial charge on any atom is -0.313 e. The van der Waals surface area contributed by atoms with Crippen molar-refractivity contribution in [2.75, 3.05) is 13.6 Å². The molecule has 0 bridgehead atoms. The van der Waals surface area contributed by atoms with Gasteiger partial charge in [-0.05, 0) is 32.6 Å². The van der Waals surface area contributed by atoms with Crippen LogP contribution in [0.3, 0.4) is 0 Å².